The van der Waals surface area contributed by atoms with Gasteiger partial charge in [0.25, 0.3) is 0 Å². The third-order valence-corrected chi connectivity index (χ3v) is 3.88. The monoisotopic (exact) mass is 255 g/mol. The summed E-state index contributed by atoms with van der Waals surface area (Å²) >= 11 is 1.24. The molecule has 0 spiro atoms. The largest absolute Gasteiger partial charge is 0.224 e. The predicted molar refractivity (Wildman–Crippen MR) is 65.9 cm³/mol. The van der Waals surface area contributed by atoms with Crippen LogP contribution in [0.1, 0.15) is 12.0 Å². The van der Waals surface area contributed by atoms with Crippen LogP contribution in [0.4, 0.5) is 0 Å². The van der Waals surface area contributed by atoms with E-state index in [4.69, 9.17) is 5.26 Å². The van der Waals surface area contributed by atoms with Crippen molar-refractivity contribution in [2.45, 2.75) is 17.7 Å². The van der Waals surface area contributed by atoms with Gasteiger partial charge in [-0.2, -0.15) is 5.26 Å². The van der Waals surface area contributed by atoms with Gasteiger partial charge in [0.1, 0.15) is 5.40 Å². The highest BCUT2D eigenvalue weighted by Crippen LogP contribution is 2.12. The first kappa shape index (κ1) is 13.1. The van der Waals surface area contributed by atoms with Crippen LogP contribution < -0.4 is 0 Å². The van der Waals surface area contributed by atoms with Crippen LogP contribution >= 0.6 is 11.8 Å². The van der Waals surface area contributed by atoms with E-state index in [1.54, 1.807) is 12.1 Å². The lowest BCUT2D eigenvalue weighted by Crippen LogP contribution is -1.97. The Morgan fingerprint density at radius 2 is 1.94 bits per heavy atom. The van der Waals surface area contributed by atoms with Crippen LogP contribution in [-0.2, 0) is 16.3 Å². The van der Waals surface area contributed by atoms with E-state index in [1.165, 1.54) is 18.0 Å². The van der Waals surface area contributed by atoms with E-state index in [0.717, 1.165) is 24.2 Å². The summed E-state index contributed by atoms with van der Waals surface area (Å²) in [6.07, 6.45) is 3.00. The molecular weight excluding hydrogens is 242 g/mol. The van der Waals surface area contributed by atoms with Gasteiger partial charge >= 0.3 is 0 Å². The second-order valence-electron chi connectivity index (χ2n) is 3.46. The van der Waals surface area contributed by atoms with E-state index < -0.39 is 9.84 Å². The Bertz CT molecular complexity index is 472. The number of nitrogens with zero attached hydrogens (tertiary/aromatic N) is 1. The molecule has 0 unspecified atom stereocenters. The Labute approximate surface area is 100 Å². The van der Waals surface area contributed by atoms with Gasteiger partial charge in [-0.25, -0.2) is 8.42 Å². The van der Waals surface area contributed by atoms with Gasteiger partial charge in [0, 0.05) is 12.0 Å². The summed E-state index contributed by atoms with van der Waals surface area (Å²) in [6, 6.07) is 6.91. The second kappa shape index (κ2) is 5.92. The summed E-state index contributed by atoms with van der Waals surface area (Å²) in [4.78, 5) is 0.350. The van der Waals surface area contributed by atoms with Crippen molar-refractivity contribution in [3.05, 3.63) is 29.8 Å². The molecule has 0 saturated carbocycles. The van der Waals surface area contributed by atoms with Gasteiger partial charge < -0.3 is 0 Å². The van der Waals surface area contributed by atoms with E-state index in [-0.39, 0.29) is 0 Å². The molecule has 5 heteroatoms. The van der Waals surface area contributed by atoms with Crippen molar-refractivity contribution in [3.63, 3.8) is 0 Å². The number of thioether (sulfide) groups is 1. The van der Waals surface area contributed by atoms with E-state index >= 15 is 0 Å². The highest BCUT2D eigenvalue weighted by Gasteiger charge is 2.05. The fraction of sp³-hybridized carbons (Fsp3) is 0.364. The number of hydrogen-bond acceptors (Lipinski definition) is 4. The summed E-state index contributed by atoms with van der Waals surface area (Å²) in [5.74, 6) is 0.810. The zero-order chi connectivity index (χ0) is 12.0. The Hall–Kier alpha value is -0.990. The first-order chi connectivity index (χ1) is 7.54. The Morgan fingerprint density at radius 3 is 2.44 bits per heavy atom. The Morgan fingerprint density at radius 1 is 1.31 bits per heavy atom. The minimum absolute atomic E-state index is 0.350. The van der Waals surface area contributed by atoms with E-state index in [9.17, 15) is 8.42 Å². The van der Waals surface area contributed by atoms with Gasteiger partial charge in [-0.1, -0.05) is 12.1 Å². The van der Waals surface area contributed by atoms with Crippen molar-refractivity contribution in [1.29, 1.82) is 5.26 Å². The molecule has 0 aliphatic heterocycles. The van der Waals surface area contributed by atoms with Crippen molar-refractivity contribution in [1.82, 2.24) is 0 Å². The minimum Gasteiger partial charge on any atom is -0.224 e. The van der Waals surface area contributed by atoms with Gasteiger partial charge in [0.2, 0.25) is 0 Å². The average Bonchev–Trinajstić information content (AvgIpc) is 2.24. The zero-order valence-electron chi connectivity index (χ0n) is 9.01. The average molecular weight is 255 g/mol. The first-order valence-corrected chi connectivity index (χ1v) is 7.71. The molecule has 0 fully saturated rings. The molecule has 86 valence electrons. The molecule has 0 atom stereocenters. The normalized spacial score (nSPS) is 11.0. The molecule has 0 heterocycles. The highest BCUT2D eigenvalue weighted by molar-refractivity contribution is 8.03. The van der Waals surface area contributed by atoms with Crippen LogP contribution in [0.25, 0.3) is 0 Å². The molecule has 1 rings (SSSR count). The molecule has 0 aromatic heterocycles. The lowest BCUT2D eigenvalue weighted by atomic mass is 10.1. The van der Waals surface area contributed by atoms with Gasteiger partial charge in [0.15, 0.2) is 9.84 Å². The van der Waals surface area contributed by atoms with Crippen molar-refractivity contribution in [2.75, 3.05) is 12.0 Å². The smallest absolute Gasteiger partial charge is 0.175 e. The van der Waals surface area contributed by atoms with Crippen molar-refractivity contribution in [3.8, 4) is 5.40 Å². The van der Waals surface area contributed by atoms with Gasteiger partial charge in [-0.3, -0.25) is 0 Å². The summed E-state index contributed by atoms with van der Waals surface area (Å²) in [7, 11) is -3.10. The minimum atomic E-state index is -3.10. The first-order valence-electron chi connectivity index (χ1n) is 4.84. The molecule has 0 saturated heterocycles. The lowest BCUT2D eigenvalue weighted by molar-refractivity contribution is 0.602. The SMILES string of the molecule is CS(=O)(=O)c1ccc(CCCSC#N)cc1. The summed E-state index contributed by atoms with van der Waals surface area (Å²) < 4.78 is 22.4. The molecule has 3 nitrogen and oxygen atoms in total. The number of sulfone groups is 1. The topological polar surface area (TPSA) is 57.9 Å². The number of nitriles is 1. The van der Waals surface area contributed by atoms with Gasteiger partial charge in [-0.05, 0) is 42.3 Å². The maximum atomic E-state index is 11.2. The van der Waals surface area contributed by atoms with E-state index in [0.29, 0.717) is 4.90 Å². The molecule has 1 aromatic carbocycles. The molecular formula is C11H13NO2S2. The van der Waals surface area contributed by atoms with Crippen molar-refractivity contribution < 1.29 is 8.42 Å². The maximum absolute atomic E-state index is 11.2. The quantitative estimate of drug-likeness (QED) is 0.598. The standard InChI is InChI=1S/C11H13NO2S2/c1-16(13,14)11-6-4-10(5-7-11)3-2-8-15-9-12/h4-7H,2-3,8H2,1H3. The Balaban J connectivity index is 2.56. The molecule has 0 aliphatic carbocycles. The fourth-order valence-corrected chi connectivity index (χ4v) is 2.31. The number of rotatable bonds is 5. The van der Waals surface area contributed by atoms with Crippen molar-refractivity contribution >= 4 is 21.6 Å². The molecule has 0 bridgehead atoms. The zero-order valence-corrected chi connectivity index (χ0v) is 10.6. The maximum Gasteiger partial charge on any atom is 0.175 e. The van der Waals surface area contributed by atoms with Crippen LogP contribution in [0.2, 0.25) is 0 Å². The molecule has 0 radical (unpaired) electrons. The van der Waals surface area contributed by atoms with Crippen LogP contribution in [-0.4, -0.2) is 20.4 Å². The molecule has 16 heavy (non-hydrogen) atoms. The summed E-state index contributed by atoms with van der Waals surface area (Å²) in [5.41, 5.74) is 1.10. The Kier molecular flexibility index (Phi) is 4.84. The third kappa shape index (κ3) is 4.25. The van der Waals surface area contributed by atoms with E-state index in [2.05, 4.69) is 0 Å². The van der Waals surface area contributed by atoms with Crippen LogP contribution in [0.15, 0.2) is 29.2 Å². The van der Waals surface area contributed by atoms with Gasteiger partial charge in [-0.15, -0.1) is 0 Å². The van der Waals surface area contributed by atoms with Crippen LogP contribution in [0, 0.1) is 10.7 Å². The number of aryl methyl sites for hydroxylation is 1. The lowest BCUT2D eigenvalue weighted by Gasteiger charge is -2.01. The third-order valence-electron chi connectivity index (χ3n) is 2.13. The number of benzene rings is 1. The molecule has 0 aliphatic rings. The van der Waals surface area contributed by atoms with Gasteiger partial charge in [0.05, 0.1) is 4.90 Å². The predicted octanol–water partition coefficient (Wildman–Crippen LogP) is 2.24. The molecule has 0 amide bonds. The molecule has 1 aromatic rings. The van der Waals surface area contributed by atoms with Crippen LogP contribution in [0.3, 0.4) is 0 Å². The summed E-state index contributed by atoms with van der Waals surface area (Å²) in [6.45, 7) is 0. The summed E-state index contributed by atoms with van der Waals surface area (Å²) in [5, 5.41) is 10.4. The van der Waals surface area contributed by atoms with E-state index in [1.807, 2.05) is 17.5 Å². The fourth-order valence-electron chi connectivity index (χ4n) is 1.30. The molecule has 0 N–H and O–H groups in total. The second-order valence-corrected chi connectivity index (χ2v) is 6.35. The number of hydrogen-bond donors (Lipinski definition) is 0. The van der Waals surface area contributed by atoms with Crippen molar-refractivity contribution in [2.24, 2.45) is 0 Å². The number of thiocyanates is 1. The van der Waals surface area contributed by atoms with Crippen LogP contribution in [0.5, 0.6) is 0 Å². The highest BCUT2D eigenvalue weighted by atomic mass is 32.2.